The summed E-state index contributed by atoms with van der Waals surface area (Å²) in [5.74, 6) is -1.67. The van der Waals surface area contributed by atoms with Crippen molar-refractivity contribution in [1.29, 1.82) is 0 Å². The van der Waals surface area contributed by atoms with Crippen LogP contribution in [0.3, 0.4) is 0 Å². The molecule has 2 N–H and O–H groups in total. The van der Waals surface area contributed by atoms with Crippen molar-refractivity contribution in [2.45, 2.75) is 38.7 Å². The molecule has 0 bridgehead atoms. The molecule has 29 heavy (non-hydrogen) atoms. The predicted molar refractivity (Wildman–Crippen MR) is 108 cm³/mol. The normalized spacial score (nSPS) is 14.1. The highest BCUT2D eigenvalue weighted by Gasteiger charge is 2.52. The molecule has 2 aromatic rings. The first kappa shape index (κ1) is 20.9. The maximum atomic E-state index is 12.8. The van der Waals surface area contributed by atoms with Crippen LogP contribution in [0.25, 0.3) is 0 Å². The second-order valence-electron chi connectivity index (χ2n) is 6.61. The Morgan fingerprint density at radius 3 is 2.21 bits per heavy atom. The SMILES string of the molecule is CCOC(=O)c1sc(N)c(C(=O)OCC)c1COC(=O)C1(c2ccccc2)CC1. The highest BCUT2D eigenvalue weighted by atomic mass is 32.1. The Kier molecular flexibility index (Phi) is 6.22. The number of ether oxygens (including phenoxy) is 3. The monoisotopic (exact) mass is 417 g/mol. The molecule has 0 radical (unpaired) electrons. The summed E-state index contributed by atoms with van der Waals surface area (Å²) in [6, 6.07) is 9.42. The van der Waals surface area contributed by atoms with Gasteiger partial charge in [-0.15, -0.1) is 11.3 Å². The number of benzene rings is 1. The third-order valence-corrected chi connectivity index (χ3v) is 5.83. The molecule has 0 atom stereocenters. The van der Waals surface area contributed by atoms with Crippen LogP contribution in [-0.2, 0) is 31.0 Å². The van der Waals surface area contributed by atoms with Crippen LogP contribution in [0.2, 0.25) is 0 Å². The lowest BCUT2D eigenvalue weighted by Gasteiger charge is -2.15. The minimum absolute atomic E-state index is 0.0530. The van der Waals surface area contributed by atoms with E-state index >= 15 is 0 Å². The molecule has 8 heteroatoms. The standard InChI is InChI=1S/C21H23NO6S/c1-3-26-18(23)15-14(16(29-17(15)22)19(24)27-4-2)12-28-20(25)21(10-11-21)13-8-6-5-7-9-13/h5-9H,3-4,10-12,22H2,1-2H3. The summed E-state index contributed by atoms with van der Waals surface area (Å²) in [5, 5.41) is 0.127. The van der Waals surface area contributed by atoms with E-state index in [0.717, 1.165) is 16.9 Å². The van der Waals surface area contributed by atoms with Gasteiger partial charge in [0, 0.05) is 5.56 Å². The van der Waals surface area contributed by atoms with Gasteiger partial charge in [-0.3, -0.25) is 4.79 Å². The summed E-state index contributed by atoms with van der Waals surface area (Å²) in [5.41, 5.74) is 6.47. The zero-order valence-corrected chi connectivity index (χ0v) is 17.2. The average Bonchev–Trinajstić information content (AvgIpc) is 3.45. The van der Waals surface area contributed by atoms with Crippen molar-refractivity contribution in [1.82, 2.24) is 0 Å². The van der Waals surface area contributed by atoms with Crippen molar-refractivity contribution < 1.29 is 28.6 Å². The third-order valence-electron chi connectivity index (χ3n) is 4.79. The minimum atomic E-state index is -0.670. The number of rotatable bonds is 8. The van der Waals surface area contributed by atoms with Crippen LogP contribution in [0.5, 0.6) is 0 Å². The summed E-state index contributed by atoms with van der Waals surface area (Å²) in [4.78, 5) is 37.7. The van der Waals surface area contributed by atoms with E-state index in [1.807, 2.05) is 30.3 Å². The molecule has 1 saturated carbocycles. The van der Waals surface area contributed by atoms with E-state index in [-0.39, 0.29) is 40.8 Å². The first-order valence-electron chi connectivity index (χ1n) is 9.42. The zero-order valence-electron chi connectivity index (χ0n) is 16.4. The van der Waals surface area contributed by atoms with E-state index in [4.69, 9.17) is 19.9 Å². The molecule has 0 aliphatic heterocycles. The van der Waals surface area contributed by atoms with Crippen LogP contribution in [0.4, 0.5) is 5.00 Å². The van der Waals surface area contributed by atoms with E-state index < -0.39 is 23.3 Å². The van der Waals surface area contributed by atoms with Gasteiger partial charge in [0.15, 0.2) is 0 Å². The Bertz CT molecular complexity index is 917. The number of thiophene rings is 1. The summed E-state index contributed by atoms with van der Waals surface area (Å²) in [6.45, 7) is 3.41. The van der Waals surface area contributed by atoms with Gasteiger partial charge in [0.05, 0.1) is 18.6 Å². The fourth-order valence-corrected chi connectivity index (χ4v) is 4.13. The number of hydrogen-bond donors (Lipinski definition) is 1. The van der Waals surface area contributed by atoms with Gasteiger partial charge in [0.2, 0.25) is 0 Å². The molecule has 1 fully saturated rings. The molecule has 1 aromatic heterocycles. The Labute approximate surface area is 172 Å². The molecule has 3 rings (SSSR count). The molecule has 1 aliphatic carbocycles. The molecule has 0 unspecified atom stereocenters. The lowest BCUT2D eigenvalue weighted by molar-refractivity contribution is -0.148. The fourth-order valence-electron chi connectivity index (χ4n) is 3.18. The first-order valence-corrected chi connectivity index (χ1v) is 10.2. The van der Waals surface area contributed by atoms with E-state index in [1.165, 1.54) is 0 Å². The first-order chi connectivity index (χ1) is 13.9. The Balaban J connectivity index is 1.86. The van der Waals surface area contributed by atoms with E-state index in [1.54, 1.807) is 13.8 Å². The van der Waals surface area contributed by atoms with Crippen molar-refractivity contribution in [3.8, 4) is 0 Å². The minimum Gasteiger partial charge on any atom is -0.462 e. The highest BCUT2D eigenvalue weighted by molar-refractivity contribution is 7.18. The predicted octanol–water partition coefficient (Wildman–Crippen LogP) is 3.46. The molecule has 1 aromatic carbocycles. The maximum absolute atomic E-state index is 12.8. The summed E-state index contributed by atoms with van der Waals surface area (Å²) in [6.07, 6.45) is 1.38. The number of anilines is 1. The van der Waals surface area contributed by atoms with Crippen molar-refractivity contribution in [2.24, 2.45) is 0 Å². The summed E-state index contributed by atoms with van der Waals surface area (Å²) in [7, 11) is 0. The van der Waals surface area contributed by atoms with Gasteiger partial charge < -0.3 is 19.9 Å². The summed E-state index contributed by atoms with van der Waals surface area (Å²) < 4.78 is 15.7. The Morgan fingerprint density at radius 2 is 1.62 bits per heavy atom. The van der Waals surface area contributed by atoms with E-state index in [0.29, 0.717) is 12.8 Å². The number of carbonyl (C=O) groups is 3. The van der Waals surface area contributed by atoms with Crippen LogP contribution in [0, 0.1) is 0 Å². The third kappa shape index (κ3) is 4.12. The van der Waals surface area contributed by atoms with Gasteiger partial charge >= 0.3 is 17.9 Å². The molecular weight excluding hydrogens is 394 g/mol. The smallest absolute Gasteiger partial charge is 0.348 e. The number of nitrogen functional groups attached to an aromatic ring is 1. The van der Waals surface area contributed by atoms with Gasteiger partial charge in [-0.1, -0.05) is 30.3 Å². The molecular formula is C21H23NO6S. The van der Waals surface area contributed by atoms with Gasteiger partial charge in [-0.25, -0.2) is 9.59 Å². The van der Waals surface area contributed by atoms with E-state index in [9.17, 15) is 14.4 Å². The van der Waals surface area contributed by atoms with E-state index in [2.05, 4.69) is 0 Å². The molecule has 1 heterocycles. The van der Waals surface area contributed by atoms with Crippen molar-refractivity contribution in [3.63, 3.8) is 0 Å². The van der Waals surface area contributed by atoms with Gasteiger partial charge in [0.25, 0.3) is 0 Å². The molecule has 7 nitrogen and oxygen atoms in total. The maximum Gasteiger partial charge on any atom is 0.348 e. The number of hydrogen-bond acceptors (Lipinski definition) is 8. The second-order valence-corrected chi connectivity index (χ2v) is 7.67. The molecule has 0 amide bonds. The quantitative estimate of drug-likeness (QED) is 0.518. The summed E-state index contributed by atoms with van der Waals surface area (Å²) >= 11 is 0.925. The van der Waals surface area contributed by atoms with Crippen LogP contribution in [-0.4, -0.2) is 31.1 Å². The van der Waals surface area contributed by atoms with Crippen LogP contribution in [0.1, 0.15) is 57.8 Å². The van der Waals surface area contributed by atoms with Crippen molar-refractivity contribution >= 4 is 34.2 Å². The van der Waals surface area contributed by atoms with Gasteiger partial charge in [-0.05, 0) is 32.3 Å². The number of esters is 3. The number of carbonyl (C=O) groups excluding carboxylic acids is 3. The Morgan fingerprint density at radius 1 is 1.00 bits per heavy atom. The largest absolute Gasteiger partial charge is 0.462 e. The molecule has 0 spiro atoms. The van der Waals surface area contributed by atoms with Crippen LogP contribution < -0.4 is 5.73 Å². The second kappa shape index (κ2) is 8.65. The molecule has 154 valence electrons. The van der Waals surface area contributed by atoms with Crippen molar-refractivity contribution in [2.75, 3.05) is 18.9 Å². The van der Waals surface area contributed by atoms with Crippen molar-refractivity contribution in [3.05, 3.63) is 51.9 Å². The Hall–Kier alpha value is -2.87. The zero-order chi connectivity index (χ0) is 21.0. The van der Waals surface area contributed by atoms with Crippen LogP contribution >= 0.6 is 11.3 Å². The van der Waals surface area contributed by atoms with Gasteiger partial charge in [0.1, 0.15) is 22.0 Å². The number of nitrogens with two attached hydrogens (primary N) is 1. The van der Waals surface area contributed by atoms with Crippen LogP contribution in [0.15, 0.2) is 30.3 Å². The topological polar surface area (TPSA) is 105 Å². The lowest BCUT2D eigenvalue weighted by Crippen LogP contribution is -2.24. The lowest BCUT2D eigenvalue weighted by atomic mass is 9.96. The molecule has 1 aliphatic rings. The highest BCUT2D eigenvalue weighted by Crippen LogP contribution is 2.49. The molecule has 0 saturated heterocycles. The fraction of sp³-hybridized carbons (Fsp3) is 0.381. The van der Waals surface area contributed by atoms with Gasteiger partial charge in [-0.2, -0.15) is 0 Å². The average molecular weight is 417 g/mol.